The van der Waals surface area contributed by atoms with Crippen LogP contribution in [-0.4, -0.2) is 37.3 Å². The summed E-state index contributed by atoms with van der Waals surface area (Å²) >= 11 is 0. The summed E-state index contributed by atoms with van der Waals surface area (Å²) in [6.45, 7) is 1.80. The number of non-ortho nitro benzene ring substituents is 1. The minimum atomic E-state index is -0.402. The number of benzene rings is 2. The SMILES string of the molecule is O=C(COCC1C=CC1)OCCCCCCCCOc1ccc(/C=C/c2ccc([N+](=O)[O-])cc2)cc1. The van der Waals surface area contributed by atoms with Crippen LogP contribution in [0.15, 0.2) is 60.7 Å². The van der Waals surface area contributed by atoms with Crippen molar-refractivity contribution in [2.45, 2.75) is 44.9 Å². The number of esters is 1. The van der Waals surface area contributed by atoms with Crippen molar-refractivity contribution >= 4 is 23.8 Å². The van der Waals surface area contributed by atoms with Crippen LogP contribution in [0.1, 0.15) is 56.1 Å². The van der Waals surface area contributed by atoms with Gasteiger partial charge in [0.05, 0.1) is 24.7 Å². The average molecular weight is 494 g/mol. The van der Waals surface area contributed by atoms with E-state index in [9.17, 15) is 14.9 Å². The molecule has 7 heteroatoms. The van der Waals surface area contributed by atoms with Crippen LogP contribution >= 0.6 is 0 Å². The molecule has 0 N–H and O–H groups in total. The molecule has 3 rings (SSSR count). The van der Waals surface area contributed by atoms with Gasteiger partial charge < -0.3 is 14.2 Å². The van der Waals surface area contributed by atoms with E-state index in [1.54, 1.807) is 12.1 Å². The number of hydrogen-bond donors (Lipinski definition) is 0. The summed E-state index contributed by atoms with van der Waals surface area (Å²) in [5, 5.41) is 10.7. The molecule has 0 radical (unpaired) electrons. The van der Waals surface area contributed by atoms with Gasteiger partial charge in [-0.2, -0.15) is 0 Å². The first-order chi connectivity index (χ1) is 17.6. The van der Waals surface area contributed by atoms with Gasteiger partial charge in [-0.05, 0) is 54.7 Å². The fourth-order valence-electron chi connectivity index (χ4n) is 3.65. The van der Waals surface area contributed by atoms with Gasteiger partial charge in [0, 0.05) is 18.1 Å². The summed E-state index contributed by atoms with van der Waals surface area (Å²) in [5.74, 6) is 1.04. The summed E-state index contributed by atoms with van der Waals surface area (Å²) in [6.07, 6.45) is 15.5. The molecule has 0 saturated carbocycles. The van der Waals surface area contributed by atoms with E-state index in [0.29, 0.717) is 25.7 Å². The van der Waals surface area contributed by atoms with Gasteiger partial charge in [0.1, 0.15) is 12.4 Å². The van der Waals surface area contributed by atoms with Gasteiger partial charge in [0.25, 0.3) is 5.69 Å². The number of nitro groups is 1. The number of unbranched alkanes of at least 4 members (excludes halogenated alkanes) is 5. The smallest absolute Gasteiger partial charge is 0.332 e. The van der Waals surface area contributed by atoms with E-state index < -0.39 is 4.92 Å². The molecule has 2 aromatic rings. The van der Waals surface area contributed by atoms with Crippen molar-refractivity contribution in [1.82, 2.24) is 0 Å². The fraction of sp³-hybridized carbons (Fsp3) is 0.414. The second kappa shape index (κ2) is 15.5. The first-order valence-electron chi connectivity index (χ1n) is 12.7. The number of nitrogens with zero attached hydrogens (tertiary/aromatic N) is 1. The van der Waals surface area contributed by atoms with Crippen LogP contribution < -0.4 is 4.74 Å². The van der Waals surface area contributed by atoms with Crippen molar-refractivity contribution in [2.75, 3.05) is 26.4 Å². The standard InChI is InChI=1S/C29H35NO6/c31-29(23-34-22-26-8-7-9-26)36-21-6-4-2-1-3-5-20-35-28-18-14-25(15-19-28)11-10-24-12-16-27(17-13-24)30(32)33/h7-8,10-19,26H,1-6,9,20-23H2/b11-10+. The second-order valence-electron chi connectivity index (χ2n) is 8.88. The zero-order chi connectivity index (χ0) is 25.4. The van der Waals surface area contributed by atoms with Gasteiger partial charge in [-0.1, -0.05) is 62.1 Å². The van der Waals surface area contributed by atoms with Crippen LogP contribution in [0.3, 0.4) is 0 Å². The highest BCUT2D eigenvalue weighted by molar-refractivity contribution is 5.71. The largest absolute Gasteiger partial charge is 0.494 e. The van der Waals surface area contributed by atoms with Gasteiger partial charge in [-0.15, -0.1) is 0 Å². The molecule has 1 unspecified atom stereocenters. The van der Waals surface area contributed by atoms with Gasteiger partial charge in [-0.25, -0.2) is 4.79 Å². The molecule has 1 atom stereocenters. The molecular formula is C29H35NO6. The normalized spacial score (nSPS) is 14.5. The molecule has 0 aromatic heterocycles. The minimum absolute atomic E-state index is 0.0476. The van der Waals surface area contributed by atoms with Crippen molar-refractivity contribution in [3.8, 4) is 5.75 Å². The lowest BCUT2D eigenvalue weighted by atomic mass is 9.97. The van der Waals surface area contributed by atoms with Crippen molar-refractivity contribution in [3.05, 3.63) is 81.9 Å². The van der Waals surface area contributed by atoms with Gasteiger partial charge in [0.2, 0.25) is 0 Å². The Kier molecular flexibility index (Phi) is 11.7. The Morgan fingerprint density at radius 2 is 1.47 bits per heavy atom. The van der Waals surface area contributed by atoms with Crippen LogP contribution in [0.25, 0.3) is 12.2 Å². The predicted molar refractivity (Wildman–Crippen MR) is 141 cm³/mol. The van der Waals surface area contributed by atoms with E-state index in [0.717, 1.165) is 61.8 Å². The average Bonchev–Trinajstić information content (AvgIpc) is 2.86. The first kappa shape index (κ1) is 27.1. The Morgan fingerprint density at radius 3 is 2.06 bits per heavy atom. The Bertz CT molecular complexity index is 997. The lowest BCUT2D eigenvalue weighted by molar-refractivity contribution is -0.384. The summed E-state index contributed by atoms with van der Waals surface area (Å²) in [5.41, 5.74) is 2.03. The van der Waals surface area contributed by atoms with Gasteiger partial charge >= 0.3 is 5.97 Å². The van der Waals surface area contributed by atoms with Crippen LogP contribution in [-0.2, 0) is 14.3 Å². The maximum Gasteiger partial charge on any atom is 0.332 e. The highest BCUT2D eigenvalue weighted by Crippen LogP contribution is 2.18. The molecule has 1 aliphatic rings. The Balaban J connectivity index is 1.16. The van der Waals surface area contributed by atoms with E-state index in [-0.39, 0.29) is 18.3 Å². The zero-order valence-electron chi connectivity index (χ0n) is 20.7. The third-order valence-electron chi connectivity index (χ3n) is 5.92. The topological polar surface area (TPSA) is 87.9 Å². The molecule has 0 aliphatic heterocycles. The van der Waals surface area contributed by atoms with Gasteiger partial charge in [0.15, 0.2) is 0 Å². The maximum atomic E-state index is 11.6. The third-order valence-corrected chi connectivity index (χ3v) is 5.92. The molecule has 192 valence electrons. The lowest BCUT2D eigenvalue weighted by Gasteiger charge is -2.16. The number of ether oxygens (including phenoxy) is 3. The minimum Gasteiger partial charge on any atom is -0.494 e. The molecule has 0 saturated heterocycles. The summed E-state index contributed by atoms with van der Waals surface area (Å²) in [7, 11) is 0. The van der Waals surface area contributed by atoms with E-state index in [1.165, 1.54) is 12.1 Å². The molecule has 0 amide bonds. The number of allylic oxidation sites excluding steroid dienone is 1. The van der Waals surface area contributed by atoms with E-state index in [4.69, 9.17) is 14.2 Å². The molecule has 0 heterocycles. The van der Waals surface area contributed by atoms with Crippen LogP contribution in [0.5, 0.6) is 5.75 Å². The molecule has 36 heavy (non-hydrogen) atoms. The highest BCUT2D eigenvalue weighted by Gasteiger charge is 2.11. The molecule has 1 aliphatic carbocycles. The van der Waals surface area contributed by atoms with E-state index >= 15 is 0 Å². The molecule has 0 spiro atoms. The summed E-state index contributed by atoms with van der Waals surface area (Å²) in [4.78, 5) is 21.9. The quantitative estimate of drug-likeness (QED) is 0.0614. The van der Waals surface area contributed by atoms with Crippen molar-refractivity contribution < 1.29 is 23.9 Å². The Hall–Kier alpha value is -3.45. The summed E-state index contributed by atoms with van der Waals surface area (Å²) < 4.78 is 16.4. The number of carbonyl (C=O) groups is 1. The molecule has 7 nitrogen and oxygen atoms in total. The predicted octanol–water partition coefficient (Wildman–Crippen LogP) is 6.62. The van der Waals surface area contributed by atoms with Crippen molar-refractivity contribution in [2.24, 2.45) is 5.92 Å². The van der Waals surface area contributed by atoms with Gasteiger partial charge in [-0.3, -0.25) is 10.1 Å². The summed E-state index contributed by atoms with van der Waals surface area (Å²) in [6, 6.07) is 14.3. The molecular weight excluding hydrogens is 458 g/mol. The number of nitro benzene ring substituents is 1. The van der Waals surface area contributed by atoms with Crippen LogP contribution in [0.4, 0.5) is 5.69 Å². The Morgan fingerprint density at radius 1 is 0.889 bits per heavy atom. The number of rotatable bonds is 17. The van der Waals surface area contributed by atoms with E-state index in [2.05, 4.69) is 12.2 Å². The highest BCUT2D eigenvalue weighted by atomic mass is 16.6. The number of carbonyl (C=O) groups excluding carboxylic acids is 1. The molecule has 2 aromatic carbocycles. The maximum absolute atomic E-state index is 11.6. The first-order valence-corrected chi connectivity index (χ1v) is 12.7. The molecule has 0 fully saturated rings. The monoisotopic (exact) mass is 493 g/mol. The fourth-order valence-corrected chi connectivity index (χ4v) is 3.65. The van der Waals surface area contributed by atoms with Crippen LogP contribution in [0.2, 0.25) is 0 Å². The number of hydrogen-bond acceptors (Lipinski definition) is 6. The zero-order valence-corrected chi connectivity index (χ0v) is 20.7. The van der Waals surface area contributed by atoms with Crippen LogP contribution in [0, 0.1) is 16.0 Å². The lowest BCUT2D eigenvalue weighted by Crippen LogP contribution is -2.18. The Labute approximate surface area is 212 Å². The molecule has 0 bridgehead atoms. The van der Waals surface area contributed by atoms with Crippen molar-refractivity contribution in [1.29, 1.82) is 0 Å². The van der Waals surface area contributed by atoms with Crippen molar-refractivity contribution in [3.63, 3.8) is 0 Å². The second-order valence-corrected chi connectivity index (χ2v) is 8.88. The third kappa shape index (κ3) is 10.4. The van der Waals surface area contributed by atoms with E-state index in [1.807, 2.05) is 36.4 Å².